The molecule has 2 aliphatic heterocycles. The zero-order valence-electron chi connectivity index (χ0n) is 18.3. The molecule has 2 aliphatic rings. The Balaban J connectivity index is 1.58. The molecule has 11 heteroatoms. The second-order valence-corrected chi connectivity index (χ2v) is 8.72. The molecule has 174 valence electrons. The van der Waals surface area contributed by atoms with Crippen LogP contribution in [0.2, 0.25) is 0 Å². The first-order valence-electron chi connectivity index (χ1n) is 10.3. The maximum absolute atomic E-state index is 15.0. The van der Waals surface area contributed by atoms with Crippen molar-refractivity contribution in [2.75, 3.05) is 25.3 Å². The maximum atomic E-state index is 15.0. The van der Waals surface area contributed by atoms with Crippen LogP contribution in [0.15, 0.2) is 47.7 Å². The molecule has 5 rings (SSSR count). The monoisotopic (exact) mass is 481 g/mol. The van der Waals surface area contributed by atoms with Crippen molar-refractivity contribution in [2.45, 2.75) is 12.0 Å². The van der Waals surface area contributed by atoms with Gasteiger partial charge in [0.1, 0.15) is 22.7 Å². The van der Waals surface area contributed by atoms with E-state index in [0.29, 0.717) is 51.5 Å². The number of carbonyl (C=O) groups excluding carboxylic acids is 1. The summed E-state index contributed by atoms with van der Waals surface area (Å²) in [5, 5.41) is 3.20. The van der Waals surface area contributed by atoms with Crippen LogP contribution in [0.4, 0.5) is 10.1 Å². The van der Waals surface area contributed by atoms with Crippen LogP contribution in [0.25, 0.3) is 0 Å². The quantitative estimate of drug-likeness (QED) is 0.579. The van der Waals surface area contributed by atoms with Gasteiger partial charge in [-0.3, -0.25) is 4.79 Å². The summed E-state index contributed by atoms with van der Waals surface area (Å²) in [6.45, 7) is 0. The number of nitrogens with zero attached hydrogens (tertiary/aromatic N) is 3. The lowest BCUT2D eigenvalue weighted by Crippen LogP contribution is -2.36. The standard InChI is InChI=1S/C23H20FN5O4S/c1-31-13-8-15-20(16(24)9-13)33-18-4-3-12(7-14(18)23(15)5-6-34-22(25)29-23)28-21(30)17-10-27-19(32-2)11-26-17/h3-4,7-11H,5-6H2,1-2H3,(H2,25,29)(H,28,30)/t23-/m0/s1. The van der Waals surface area contributed by atoms with Gasteiger partial charge in [-0.05, 0) is 30.7 Å². The van der Waals surface area contributed by atoms with Crippen molar-refractivity contribution >= 4 is 28.5 Å². The van der Waals surface area contributed by atoms with Crippen LogP contribution < -0.4 is 25.3 Å². The molecule has 0 saturated carbocycles. The third-order valence-corrected chi connectivity index (χ3v) is 6.47. The lowest BCUT2D eigenvalue weighted by atomic mass is 9.78. The van der Waals surface area contributed by atoms with Gasteiger partial charge in [-0.25, -0.2) is 19.4 Å². The largest absolute Gasteiger partial charge is 0.497 e. The number of aromatic nitrogens is 2. The molecular formula is C23H20FN5O4S. The van der Waals surface area contributed by atoms with E-state index in [-0.39, 0.29) is 11.4 Å². The van der Waals surface area contributed by atoms with E-state index in [9.17, 15) is 9.18 Å². The van der Waals surface area contributed by atoms with E-state index in [1.165, 1.54) is 44.4 Å². The lowest BCUT2D eigenvalue weighted by molar-refractivity contribution is 0.102. The number of nitrogens with two attached hydrogens (primary N) is 1. The number of amides is 1. The Morgan fingerprint density at radius 1 is 1.18 bits per heavy atom. The zero-order chi connectivity index (χ0) is 23.9. The number of hydrogen-bond acceptors (Lipinski definition) is 9. The van der Waals surface area contributed by atoms with Crippen molar-refractivity contribution in [3.05, 3.63) is 65.4 Å². The number of nitrogens with one attached hydrogen (secondary N) is 1. The molecule has 1 atom stereocenters. The molecule has 1 aromatic heterocycles. The van der Waals surface area contributed by atoms with Gasteiger partial charge in [0.15, 0.2) is 16.7 Å². The SMILES string of the molecule is COc1cc(F)c2c(c1)[C@]1(CCSC(N)=N1)c1cc(NC(=O)c3cnc(OC)cn3)ccc1O2. The first-order valence-corrected chi connectivity index (χ1v) is 11.3. The number of carbonyl (C=O) groups is 1. The van der Waals surface area contributed by atoms with E-state index in [4.69, 9.17) is 24.9 Å². The van der Waals surface area contributed by atoms with E-state index in [1.54, 1.807) is 24.3 Å². The number of anilines is 1. The fraction of sp³-hybridized carbons (Fsp3) is 0.217. The highest BCUT2D eigenvalue weighted by atomic mass is 32.2. The molecule has 3 heterocycles. The van der Waals surface area contributed by atoms with Crippen LogP contribution in [0, 0.1) is 5.82 Å². The topological polar surface area (TPSA) is 121 Å². The zero-order valence-corrected chi connectivity index (χ0v) is 19.1. The summed E-state index contributed by atoms with van der Waals surface area (Å²) in [7, 11) is 2.93. The summed E-state index contributed by atoms with van der Waals surface area (Å²) in [4.78, 5) is 25.6. The molecule has 1 amide bonds. The minimum atomic E-state index is -0.992. The molecule has 34 heavy (non-hydrogen) atoms. The summed E-state index contributed by atoms with van der Waals surface area (Å²) in [6, 6.07) is 8.08. The van der Waals surface area contributed by atoms with E-state index in [0.717, 1.165) is 0 Å². The van der Waals surface area contributed by atoms with Gasteiger partial charge in [-0.2, -0.15) is 0 Å². The summed E-state index contributed by atoms with van der Waals surface area (Å²) in [6.07, 6.45) is 3.24. The van der Waals surface area contributed by atoms with Gasteiger partial charge in [0.2, 0.25) is 5.88 Å². The molecule has 0 radical (unpaired) electrons. The number of aliphatic imine (C=N–C) groups is 1. The molecule has 0 unspecified atom stereocenters. The van der Waals surface area contributed by atoms with Crippen LogP contribution in [0.1, 0.15) is 28.0 Å². The average Bonchev–Trinajstić information content (AvgIpc) is 2.85. The normalized spacial score (nSPS) is 18.3. The first-order chi connectivity index (χ1) is 16.4. The van der Waals surface area contributed by atoms with Crippen LogP contribution in [-0.4, -0.2) is 41.0 Å². The number of benzene rings is 2. The fourth-order valence-corrected chi connectivity index (χ4v) is 4.90. The molecule has 0 fully saturated rings. The maximum Gasteiger partial charge on any atom is 0.275 e. The number of ether oxygens (including phenoxy) is 3. The second-order valence-electron chi connectivity index (χ2n) is 7.61. The third-order valence-electron chi connectivity index (χ3n) is 5.68. The summed E-state index contributed by atoms with van der Waals surface area (Å²) in [5.41, 5.74) is 6.93. The molecule has 0 aliphatic carbocycles. The Bertz CT molecular complexity index is 1320. The first kappa shape index (κ1) is 22.0. The second kappa shape index (κ2) is 8.49. The van der Waals surface area contributed by atoms with E-state index in [2.05, 4.69) is 15.3 Å². The Hall–Kier alpha value is -3.86. The minimum absolute atomic E-state index is 0.0852. The van der Waals surface area contributed by atoms with Crippen LogP contribution in [-0.2, 0) is 5.54 Å². The van der Waals surface area contributed by atoms with Gasteiger partial charge in [-0.15, -0.1) is 0 Å². The Morgan fingerprint density at radius 2 is 2.03 bits per heavy atom. The number of methoxy groups -OCH3 is 2. The number of amidine groups is 1. The smallest absolute Gasteiger partial charge is 0.275 e. The Labute approximate surface area is 198 Å². The molecule has 0 saturated heterocycles. The summed E-state index contributed by atoms with van der Waals surface area (Å²) < 4.78 is 31.2. The number of thioether (sulfide) groups is 1. The highest BCUT2D eigenvalue weighted by molar-refractivity contribution is 8.13. The van der Waals surface area contributed by atoms with Crippen molar-refractivity contribution in [1.82, 2.24) is 9.97 Å². The van der Waals surface area contributed by atoms with Crippen molar-refractivity contribution < 1.29 is 23.4 Å². The average molecular weight is 482 g/mol. The van der Waals surface area contributed by atoms with Gasteiger partial charge in [0, 0.05) is 28.6 Å². The van der Waals surface area contributed by atoms with Gasteiger partial charge in [-0.1, -0.05) is 11.8 Å². The van der Waals surface area contributed by atoms with Crippen molar-refractivity contribution in [2.24, 2.45) is 10.7 Å². The van der Waals surface area contributed by atoms with Gasteiger partial charge in [0.25, 0.3) is 5.91 Å². The number of fused-ring (bicyclic) bond motifs is 4. The van der Waals surface area contributed by atoms with Gasteiger partial charge in [0.05, 0.1) is 26.6 Å². The van der Waals surface area contributed by atoms with E-state index >= 15 is 0 Å². The van der Waals surface area contributed by atoms with Crippen LogP contribution in [0.3, 0.4) is 0 Å². The van der Waals surface area contributed by atoms with Gasteiger partial charge >= 0.3 is 0 Å². The fourth-order valence-electron chi connectivity index (χ4n) is 4.08. The highest BCUT2D eigenvalue weighted by Crippen LogP contribution is 2.54. The molecule has 3 aromatic rings. The lowest BCUT2D eigenvalue weighted by Gasteiger charge is -2.39. The minimum Gasteiger partial charge on any atom is -0.497 e. The molecule has 9 nitrogen and oxygen atoms in total. The predicted molar refractivity (Wildman–Crippen MR) is 125 cm³/mol. The molecule has 3 N–H and O–H groups in total. The molecule has 1 spiro atoms. The van der Waals surface area contributed by atoms with Crippen LogP contribution in [0.5, 0.6) is 23.1 Å². The Kier molecular flexibility index (Phi) is 5.48. The third kappa shape index (κ3) is 3.67. The number of halogens is 1. The van der Waals surface area contributed by atoms with Crippen molar-refractivity contribution in [3.8, 4) is 23.1 Å². The van der Waals surface area contributed by atoms with Crippen LogP contribution >= 0.6 is 11.8 Å². The van der Waals surface area contributed by atoms with E-state index < -0.39 is 17.3 Å². The van der Waals surface area contributed by atoms with Gasteiger partial charge < -0.3 is 25.3 Å². The molecule has 2 aromatic carbocycles. The summed E-state index contributed by atoms with van der Waals surface area (Å²) >= 11 is 1.43. The van der Waals surface area contributed by atoms with E-state index in [1.807, 2.05) is 0 Å². The number of rotatable bonds is 4. The van der Waals surface area contributed by atoms with Crippen molar-refractivity contribution in [3.63, 3.8) is 0 Å². The predicted octanol–water partition coefficient (Wildman–Crippen LogP) is 3.69. The molecular weight excluding hydrogens is 461 g/mol. The highest BCUT2D eigenvalue weighted by Gasteiger charge is 2.45. The van der Waals surface area contributed by atoms with Crippen molar-refractivity contribution in [1.29, 1.82) is 0 Å². The molecule has 0 bridgehead atoms. The Morgan fingerprint density at radius 3 is 2.74 bits per heavy atom. The summed E-state index contributed by atoms with van der Waals surface area (Å²) in [5.74, 6) is 0.835. The number of hydrogen-bond donors (Lipinski definition) is 2.